The van der Waals surface area contributed by atoms with Crippen LogP contribution in [0.5, 0.6) is 17.2 Å². The van der Waals surface area contributed by atoms with Crippen molar-refractivity contribution in [2.75, 3.05) is 23.4 Å². The number of nitro groups is 1. The van der Waals surface area contributed by atoms with Crippen LogP contribution in [0.1, 0.15) is 29.7 Å². The second-order valence-electron chi connectivity index (χ2n) is 12.8. The number of fused-ring (bicyclic) bond motifs is 9. The highest BCUT2D eigenvalue weighted by atomic mass is 32.2. The molecule has 6 unspecified atom stereocenters. The molecule has 3 N–H and O–H groups in total. The molecule has 8 rings (SSSR count). The van der Waals surface area contributed by atoms with Crippen LogP contribution in [0.3, 0.4) is 0 Å². The van der Waals surface area contributed by atoms with E-state index in [-0.39, 0.29) is 63.7 Å². The standard InChI is InChI=1S/C35H30N4O9S2/c1-2-47-24-13-16(3-12-23(24)48-15-25(41)36-17-4-10-20(40)11-5-17)26-27-21-14-22(30(27)49-32-31(26)50-35(44)37-32)29-28(21)33(42)38(34(29)43)18-6-8-19(9-7-18)39(45)46/h3-13,21-22,26-30,40H,2,14-15H2,1H3,(H,36,41)(H,37,44)/t21?,22?,26-,27?,28?,29?,30?/m1/s1. The van der Waals surface area contributed by atoms with E-state index in [1.165, 1.54) is 41.3 Å². The molecule has 1 aromatic heterocycles. The third kappa shape index (κ3) is 5.22. The maximum atomic E-state index is 14.0. The van der Waals surface area contributed by atoms with E-state index in [2.05, 4.69) is 10.3 Å². The first kappa shape index (κ1) is 32.1. The Kier molecular flexibility index (Phi) is 7.90. The van der Waals surface area contributed by atoms with Crippen LogP contribution in [0.25, 0.3) is 0 Å². The Labute approximate surface area is 292 Å². The van der Waals surface area contributed by atoms with Gasteiger partial charge in [0.25, 0.3) is 11.6 Å². The second-order valence-corrected chi connectivity index (χ2v) is 15.0. The number of phenolic OH excluding ortho intramolecular Hbond substituents is 1. The lowest BCUT2D eigenvalue weighted by Gasteiger charge is -2.43. The fourth-order valence-electron chi connectivity index (χ4n) is 8.36. The van der Waals surface area contributed by atoms with Crippen molar-refractivity contribution >= 4 is 57.9 Å². The van der Waals surface area contributed by atoms with E-state index >= 15 is 0 Å². The van der Waals surface area contributed by atoms with Gasteiger partial charge in [0.15, 0.2) is 18.1 Å². The van der Waals surface area contributed by atoms with Gasteiger partial charge in [0.2, 0.25) is 11.8 Å². The van der Waals surface area contributed by atoms with Crippen LogP contribution < -0.4 is 24.6 Å². The van der Waals surface area contributed by atoms with Gasteiger partial charge in [-0.3, -0.25) is 34.2 Å². The predicted molar refractivity (Wildman–Crippen MR) is 184 cm³/mol. The quantitative estimate of drug-likeness (QED) is 0.0909. The van der Waals surface area contributed by atoms with Crippen molar-refractivity contribution in [3.8, 4) is 17.2 Å². The van der Waals surface area contributed by atoms with Gasteiger partial charge >= 0.3 is 4.87 Å². The lowest BCUT2D eigenvalue weighted by atomic mass is 9.68. The number of carbonyl (C=O) groups excluding carboxylic acids is 3. The minimum atomic E-state index is -0.537. The molecule has 0 spiro atoms. The first-order valence-corrected chi connectivity index (χ1v) is 17.8. The number of aromatic hydroxyl groups is 1. The van der Waals surface area contributed by atoms with Crippen LogP contribution in [0.2, 0.25) is 0 Å². The number of nitrogens with one attached hydrogen (secondary N) is 2. The zero-order valence-corrected chi connectivity index (χ0v) is 28.1. The SMILES string of the molecule is CCOc1cc([C@H]2c3sc(=O)[nH]c3SC3C4CC(C5C(=O)N(c6ccc([N+](=O)[O-])cc6)C(=O)C45)C32)ccc1OCC(=O)Nc1ccc(O)cc1. The molecule has 4 aliphatic rings. The molecular formula is C35H30N4O9S2. The van der Waals surface area contributed by atoms with Gasteiger partial charge in [0.05, 0.1) is 34.1 Å². The normalized spacial score (nSPS) is 25.9. The summed E-state index contributed by atoms with van der Waals surface area (Å²) in [5, 5.41) is 24.2. The number of aromatic nitrogens is 1. The zero-order chi connectivity index (χ0) is 34.8. The molecular weight excluding hydrogens is 685 g/mol. The first-order chi connectivity index (χ1) is 24.1. The average Bonchev–Trinajstić information content (AvgIpc) is 3.84. The molecule has 1 saturated heterocycles. The summed E-state index contributed by atoms with van der Waals surface area (Å²) in [6.07, 6.45) is 0.703. The maximum absolute atomic E-state index is 14.0. The van der Waals surface area contributed by atoms with Crippen LogP contribution >= 0.6 is 23.1 Å². The number of rotatable bonds is 9. The summed E-state index contributed by atoms with van der Waals surface area (Å²) in [5.41, 5.74) is 1.57. The number of thioether (sulfide) groups is 1. The number of anilines is 2. The summed E-state index contributed by atoms with van der Waals surface area (Å²) in [5.74, 6) is -1.69. The molecule has 13 nitrogen and oxygen atoms in total. The Hall–Kier alpha value is -5.15. The molecule has 2 aliphatic carbocycles. The van der Waals surface area contributed by atoms with Gasteiger partial charge in [-0.25, -0.2) is 0 Å². The minimum Gasteiger partial charge on any atom is -0.508 e. The highest BCUT2D eigenvalue weighted by Crippen LogP contribution is 2.68. The third-order valence-electron chi connectivity index (χ3n) is 10.2. The molecule has 15 heteroatoms. The number of amides is 3. The van der Waals surface area contributed by atoms with E-state index in [1.54, 1.807) is 30.0 Å². The summed E-state index contributed by atoms with van der Waals surface area (Å²) in [6.45, 7) is 1.88. The molecule has 3 heterocycles. The van der Waals surface area contributed by atoms with Crippen molar-refractivity contribution in [2.45, 2.75) is 29.5 Å². The predicted octanol–water partition coefficient (Wildman–Crippen LogP) is 5.14. The van der Waals surface area contributed by atoms with Crippen LogP contribution in [-0.4, -0.2) is 51.2 Å². The van der Waals surface area contributed by atoms with Crippen LogP contribution in [-0.2, 0) is 14.4 Å². The van der Waals surface area contributed by atoms with E-state index in [0.717, 1.165) is 26.8 Å². The third-order valence-corrected chi connectivity index (χ3v) is 12.8. The van der Waals surface area contributed by atoms with Crippen molar-refractivity contribution < 1.29 is 33.9 Å². The van der Waals surface area contributed by atoms with Crippen LogP contribution in [0.4, 0.5) is 17.1 Å². The molecule has 2 bridgehead atoms. The smallest absolute Gasteiger partial charge is 0.305 e. The van der Waals surface area contributed by atoms with E-state index in [0.29, 0.717) is 35.9 Å². The average molecular weight is 715 g/mol. The van der Waals surface area contributed by atoms with Crippen molar-refractivity contribution in [3.63, 3.8) is 0 Å². The van der Waals surface area contributed by atoms with Crippen molar-refractivity contribution in [2.24, 2.45) is 29.6 Å². The minimum absolute atomic E-state index is 0.0346. The van der Waals surface area contributed by atoms with Crippen molar-refractivity contribution in [1.82, 2.24) is 4.98 Å². The van der Waals surface area contributed by atoms with Gasteiger partial charge in [0, 0.05) is 33.9 Å². The molecule has 2 saturated carbocycles. The largest absolute Gasteiger partial charge is 0.508 e. The number of carbonyl (C=O) groups is 3. The molecule has 3 amide bonds. The highest BCUT2D eigenvalue weighted by Gasteiger charge is 2.69. The number of thiazole rings is 1. The monoisotopic (exact) mass is 714 g/mol. The highest BCUT2D eigenvalue weighted by molar-refractivity contribution is 8.00. The Morgan fingerprint density at radius 1 is 1.00 bits per heavy atom. The van der Waals surface area contributed by atoms with Gasteiger partial charge in [-0.05, 0) is 85.2 Å². The molecule has 2 aliphatic heterocycles. The van der Waals surface area contributed by atoms with E-state index in [9.17, 15) is 34.4 Å². The van der Waals surface area contributed by atoms with Gasteiger partial charge < -0.3 is 24.9 Å². The number of imide groups is 1. The van der Waals surface area contributed by atoms with Crippen LogP contribution in [0, 0.1) is 39.7 Å². The van der Waals surface area contributed by atoms with Gasteiger partial charge in [0.1, 0.15) is 5.75 Å². The summed E-state index contributed by atoms with van der Waals surface area (Å²) >= 11 is 2.72. The number of nitrogens with zero attached hydrogens (tertiary/aromatic N) is 2. The topological polar surface area (TPSA) is 181 Å². The summed E-state index contributed by atoms with van der Waals surface area (Å²) in [6, 6.07) is 17.1. The number of hydrogen-bond donors (Lipinski definition) is 3. The molecule has 4 aromatic rings. The Morgan fingerprint density at radius 2 is 1.72 bits per heavy atom. The van der Waals surface area contributed by atoms with Gasteiger partial charge in [-0.1, -0.05) is 17.4 Å². The Bertz CT molecular complexity index is 2100. The second kappa shape index (κ2) is 12.3. The summed E-state index contributed by atoms with van der Waals surface area (Å²) in [4.78, 5) is 68.9. The maximum Gasteiger partial charge on any atom is 0.305 e. The van der Waals surface area contributed by atoms with Crippen LogP contribution in [0.15, 0.2) is 76.6 Å². The molecule has 50 heavy (non-hydrogen) atoms. The van der Waals surface area contributed by atoms with E-state index in [4.69, 9.17) is 9.47 Å². The van der Waals surface area contributed by atoms with Gasteiger partial charge in [-0.15, -0.1) is 11.8 Å². The molecule has 0 radical (unpaired) electrons. The number of hydrogen-bond acceptors (Lipinski definition) is 11. The number of ether oxygens (including phenoxy) is 2. The Morgan fingerprint density at radius 3 is 2.42 bits per heavy atom. The number of benzene rings is 3. The molecule has 3 fully saturated rings. The number of phenols is 1. The fourth-order valence-corrected chi connectivity index (χ4v) is 11.2. The zero-order valence-electron chi connectivity index (χ0n) is 26.4. The van der Waals surface area contributed by atoms with E-state index < -0.39 is 22.7 Å². The van der Waals surface area contributed by atoms with Crippen molar-refractivity contribution in [1.29, 1.82) is 0 Å². The molecule has 7 atom stereocenters. The number of nitro benzene ring substituents is 1. The van der Waals surface area contributed by atoms with Gasteiger partial charge in [-0.2, -0.15) is 0 Å². The number of non-ortho nitro benzene ring substituents is 1. The molecule has 3 aromatic carbocycles. The Balaban J connectivity index is 1.09. The lowest BCUT2D eigenvalue weighted by Crippen LogP contribution is -2.42. The summed E-state index contributed by atoms with van der Waals surface area (Å²) in [7, 11) is 0. The number of aromatic amines is 1. The fraction of sp³-hybridized carbons (Fsp3) is 0.314. The summed E-state index contributed by atoms with van der Waals surface area (Å²) < 4.78 is 11.9. The first-order valence-electron chi connectivity index (χ1n) is 16.1. The van der Waals surface area contributed by atoms with E-state index in [1.807, 2.05) is 19.1 Å². The van der Waals surface area contributed by atoms with Crippen molar-refractivity contribution in [3.05, 3.63) is 97.0 Å². The lowest BCUT2D eigenvalue weighted by molar-refractivity contribution is -0.384. The molecule has 256 valence electrons. The number of H-pyrrole nitrogens is 1.